The summed E-state index contributed by atoms with van der Waals surface area (Å²) in [5, 5.41) is 9.68. The highest BCUT2D eigenvalue weighted by atomic mass is 16.5. The lowest BCUT2D eigenvalue weighted by molar-refractivity contribution is -0.175. The zero-order valence-corrected chi connectivity index (χ0v) is 18.9. The van der Waals surface area contributed by atoms with Crippen LogP contribution in [0, 0.1) is 52.3 Å². The third-order valence-electron chi connectivity index (χ3n) is 10.5. The summed E-state index contributed by atoms with van der Waals surface area (Å²) in [5.74, 6) is 1.30. The Balaban J connectivity index is 1.69. The number of carboxylic acids is 1. The first-order valence-corrected chi connectivity index (χ1v) is 12.0. The van der Waals surface area contributed by atoms with Gasteiger partial charge in [-0.15, -0.1) is 0 Å². The van der Waals surface area contributed by atoms with E-state index in [1.807, 2.05) is 14.0 Å². The standard InChI is InChI=1S/C25H40O4/c1-6-16-20-13-15(29-5)9-11-25(20,4)19-10-12-24(3)17(14(2)23(27)28)7-8-18(24)21(19)22(16)26/h14-21H,6-13H2,1-5H3,(H,27,28)/t14-,15+,16+,17+,18-,19-,20-,21-,24+,25+/m0/s1. The van der Waals surface area contributed by atoms with Crippen molar-refractivity contribution in [2.45, 2.75) is 85.2 Å². The van der Waals surface area contributed by atoms with Gasteiger partial charge in [0.1, 0.15) is 5.78 Å². The Bertz CT molecular complexity index is 674. The lowest BCUT2D eigenvalue weighted by atomic mass is 9.42. The zero-order chi connectivity index (χ0) is 21.1. The van der Waals surface area contributed by atoms with Gasteiger partial charge in [0.25, 0.3) is 0 Å². The van der Waals surface area contributed by atoms with Crippen LogP contribution in [0.15, 0.2) is 0 Å². The molecule has 0 aromatic carbocycles. The van der Waals surface area contributed by atoms with E-state index >= 15 is 0 Å². The molecular weight excluding hydrogens is 364 g/mol. The number of methoxy groups -OCH3 is 1. The quantitative estimate of drug-likeness (QED) is 0.700. The largest absolute Gasteiger partial charge is 0.481 e. The van der Waals surface area contributed by atoms with Crippen molar-refractivity contribution in [1.29, 1.82) is 0 Å². The monoisotopic (exact) mass is 404 g/mol. The van der Waals surface area contributed by atoms with Gasteiger partial charge in [-0.2, -0.15) is 0 Å². The minimum absolute atomic E-state index is 0.000146. The molecule has 0 unspecified atom stereocenters. The van der Waals surface area contributed by atoms with Crippen LogP contribution in [0.5, 0.6) is 0 Å². The predicted molar refractivity (Wildman–Crippen MR) is 112 cm³/mol. The molecule has 4 nitrogen and oxygen atoms in total. The lowest BCUT2D eigenvalue weighted by Crippen LogP contribution is -2.60. The Kier molecular flexibility index (Phi) is 5.41. The van der Waals surface area contributed by atoms with Gasteiger partial charge >= 0.3 is 5.97 Å². The first-order chi connectivity index (χ1) is 13.7. The molecule has 4 heteroatoms. The minimum atomic E-state index is -0.676. The number of hydrogen-bond acceptors (Lipinski definition) is 3. The van der Waals surface area contributed by atoms with E-state index in [-0.39, 0.29) is 34.5 Å². The van der Waals surface area contributed by atoms with Crippen LogP contribution in [-0.2, 0) is 14.3 Å². The maximum absolute atomic E-state index is 13.9. The normalized spacial score (nSPS) is 50.4. The first kappa shape index (κ1) is 21.3. The second kappa shape index (κ2) is 7.35. The van der Waals surface area contributed by atoms with E-state index in [0.717, 1.165) is 44.9 Å². The summed E-state index contributed by atoms with van der Waals surface area (Å²) in [6.45, 7) is 8.86. The summed E-state index contributed by atoms with van der Waals surface area (Å²) in [6, 6.07) is 0. The van der Waals surface area contributed by atoms with Gasteiger partial charge in [0.2, 0.25) is 0 Å². The summed E-state index contributed by atoms with van der Waals surface area (Å²) in [5.41, 5.74) is 0.228. The van der Waals surface area contributed by atoms with E-state index < -0.39 is 5.97 Å². The van der Waals surface area contributed by atoms with Crippen molar-refractivity contribution in [3.05, 3.63) is 0 Å². The van der Waals surface area contributed by atoms with E-state index in [1.165, 1.54) is 6.42 Å². The third kappa shape index (κ3) is 2.95. The molecule has 4 aliphatic rings. The number of fused-ring (bicyclic) bond motifs is 5. The molecule has 4 saturated carbocycles. The number of rotatable bonds is 4. The van der Waals surface area contributed by atoms with Crippen LogP contribution in [0.4, 0.5) is 0 Å². The molecule has 4 rings (SSSR count). The molecule has 0 bridgehead atoms. The molecule has 0 aliphatic heterocycles. The molecule has 0 spiro atoms. The summed E-state index contributed by atoms with van der Waals surface area (Å²) in [4.78, 5) is 25.7. The Labute approximate surface area is 176 Å². The van der Waals surface area contributed by atoms with Gasteiger partial charge in [0.05, 0.1) is 12.0 Å². The van der Waals surface area contributed by atoms with Crippen molar-refractivity contribution in [2.24, 2.45) is 52.3 Å². The molecule has 0 aromatic heterocycles. The van der Waals surface area contributed by atoms with E-state index in [4.69, 9.17) is 4.74 Å². The molecule has 0 aromatic rings. The van der Waals surface area contributed by atoms with Gasteiger partial charge < -0.3 is 9.84 Å². The van der Waals surface area contributed by atoms with Crippen LogP contribution >= 0.6 is 0 Å². The van der Waals surface area contributed by atoms with Crippen molar-refractivity contribution in [3.8, 4) is 0 Å². The number of aliphatic carboxylic acids is 1. The van der Waals surface area contributed by atoms with Crippen molar-refractivity contribution in [2.75, 3.05) is 7.11 Å². The average molecular weight is 405 g/mol. The molecular formula is C25H40O4. The Morgan fingerprint density at radius 1 is 1.10 bits per heavy atom. The summed E-state index contributed by atoms with van der Waals surface area (Å²) < 4.78 is 5.73. The smallest absolute Gasteiger partial charge is 0.306 e. The van der Waals surface area contributed by atoms with Gasteiger partial charge in [0.15, 0.2) is 0 Å². The predicted octanol–water partition coefficient (Wildman–Crippen LogP) is 5.20. The molecule has 0 radical (unpaired) electrons. The number of Topliss-reactive ketones (excluding diaryl/α,β-unsaturated/α-hetero) is 1. The summed E-state index contributed by atoms with van der Waals surface area (Å²) >= 11 is 0. The molecule has 164 valence electrons. The maximum atomic E-state index is 13.9. The fraction of sp³-hybridized carbons (Fsp3) is 0.920. The SMILES string of the molecule is CC[C@H]1C(=O)[C@@H]2[C@H](CC[C@]3(C)[C@@H]([C@H](C)C(=O)O)CC[C@@H]23)[C@@]2(C)CC[C@@H](OC)C[C@@H]12. The molecule has 1 N–H and O–H groups in total. The van der Waals surface area contributed by atoms with Crippen molar-refractivity contribution in [3.63, 3.8) is 0 Å². The second-order valence-electron chi connectivity index (χ2n) is 11.3. The van der Waals surface area contributed by atoms with E-state index in [0.29, 0.717) is 29.6 Å². The Morgan fingerprint density at radius 2 is 1.76 bits per heavy atom. The van der Waals surface area contributed by atoms with Gasteiger partial charge in [-0.3, -0.25) is 9.59 Å². The lowest BCUT2D eigenvalue weighted by Gasteiger charge is -2.62. The Morgan fingerprint density at radius 3 is 2.38 bits per heavy atom. The van der Waals surface area contributed by atoms with Crippen LogP contribution in [0.3, 0.4) is 0 Å². The number of ether oxygens (including phenoxy) is 1. The number of carbonyl (C=O) groups excluding carboxylic acids is 1. The average Bonchev–Trinajstić information content (AvgIpc) is 3.04. The summed E-state index contributed by atoms with van der Waals surface area (Å²) in [6.07, 6.45) is 8.70. The van der Waals surface area contributed by atoms with Gasteiger partial charge in [-0.25, -0.2) is 0 Å². The van der Waals surface area contributed by atoms with E-state index in [9.17, 15) is 14.7 Å². The van der Waals surface area contributed by atoms with Crippen LogP contribution in [0.25, 0.3) is 0 Å². The molecule has 0 amide bonds. The van der Waals surface area contributed by atoms with Crippen molar-refractivity contribution < 1.29 is 19.4 Å². The van der Waals surface area contributed by atoms with Crippen molar-refractivity contribution >= 4 is 11.8 Å². The minimum Gasteiger partial charge on any atom is -0.481 e. The zero-order valence-electron chi connectivity index (χ0n) is 18.9. The second-order valence-corrected chi connectivity index (χ2v) is 11.3. The fourth-order valence-corrected chi connectivity index (χ4v) is 8.87. The fourth-order valence-electron chi connectivity index (χ4n) is 8.87. The third-order valence-corrected chi connectivity index (χ3v) is 10.5. The maximum Gasteiger partial charge on any atom is 0.306 e. The highest BCUT2D eigenvalue weighted by molar-refractivity contribution is 5.86. The number of ketones is 1. The summed E-state index contributed by atoms with van der Waals surface area (Å²) in [7, 11) is 1.82. The first-order valence-electron chi connectivity index (χ1n) is 12.0. The topological polar surface area (TPSA) is 63.6 Å². The number of hydrogen-bond donors (Lipinski definition) is 1. The van der Waals surface area contributed by atoms with E-state index in [1.54, 1.807) is 0 Å². The highest BCUT2D eigenvalue weighted by Crippen LogP contribution is 2.68. The van der Waals surface area contributed by atoms with Gasteiger partial charge in [-0.05, 0) is 85.9 Å². The molecule has 0 saturated heterocycles. The molecule has 29 heavy (non-hydrogen) atoms. The van der Waals surface area contributed by atoms with Crippen LogP contribution in [0.1, 0.15) is 79.1 Å². The van der Waals surface area contributed by atoms with Crippen LogP contribution in [-0.4, -0.2) is 30.1 Å². The van der Waals surface area contributed by atoms with Gasteiger partial charge in [-0.1, -0.05) is 27.7 Å². The molecule has 4 fully saturated rings. The Hall–Kier alpha value is -0.900. The molecule has 4 aliphatic carbocycles. The van der Waals surface area contributed by atoms with Crippen LogP contribution in [0.2, 0.25) is 0 Å². The van der Waals surface area contributed by atoms with Crippen LogP contribution < -0.4 is 0 Å². The van der Waals surface area contributed by atoms with Gasteiger partial charge in [0, 0.05) is 18.9 Å². The van der Waals surface area contributed by atoms with Crippen molar-refractivity contribution in [1.82, 2.24) is 0 Å². The molecule has 0 heterocycles. The highest BCUT2D eigenvalue weighted by Gasteiger charge is 2.65. The number of carbonyl (C=O) groups is 2. The van der Waals surface area contributed by atoms with E-state index in [2.05, 4.69) is 20.8 Å². The molecule has 10 atom stereocenters. The number of carboxylic acid groups (broad SMARTS) is 1.